The number of ether oxygens (including phenoxy) is 1. The number of pyridine rings is 1. The quantitative estimate of drug-likeness (QED) is 0.846. The average molecular weight is 368 g/mol. The van der Waals surface area contributed by atoms with Gasteiger partial charge >= 0.3 is 6.09 Å². The van der Waals surface area contributed by atoms with Crippen LogP contribution in [0, 0.1) is 0 Å². The monoisotopic (exact) mass is 368 g/mol. The number of hydrogen-bond acceptors (Lipinski definition) is 5. The van der Waals surface area contributed by atoms with Crippen LogP contribution >= 0.6 is 0 Å². The number of rotatable bonds is 5. The number of nitrogens with one attached hydrogen (secondary N) is 2. The molecule has 1 aromatic heterocycles. The molecule has 1 aromatic carbocycles. The summed E-state index contributed by atoms with van der Waals surface area (Å²) in [7, 11) is 1.37. The van der Waals surface area contributed by atoms with E-state index in [0.29, 0.717) is 12.1 Å². The van der Waals surface area contributed by atoms with E-state index in [1.807, 2.05) is 36.4 Å². The van der Waals surface area contributed by atoms with Crippen LogP contribution in [0.4, 0.5) is 10.5 Å². The van der Waals surface area contributed by atoms with E-state index < -0.39 is 6.09 Å². The molecule has 0 aliphatic carbocycles. The largest absolute Gasteiger partial charge is 0.453 e. The fourth-order valence-corrected chi connectivity index (χ4v) is 3.21. The first kappa shape index (κ1) is 18.7. The maximum atomic E-state index is 12.7. The summed E-state index contributed by atoms with van der Waals surface area (Å²) in [6.45, 7) is 1.97. The van der Waals surface area contributed by atoms with Crippen LogP contribution in [0.2, 0.25) is 0 Å². The number of hydrogen-bond donors (Lipinski definition) is 2. The molecule has 2 heterocycles. The van der Waals surface area contributed by atoms with Crippen LogP contribution in [0.15, 0.2) is 48.8 Å². The SMILES string of the molecule is COC(=O)NC1CCN(c2ccccc2C(=O)NCc2cccnc2)CC1. The Hall–Kier alpha value is -3.09. The Morgan fingerprint density at radius 1 is 1.19 bits per heavy atom. The van der Waals surface area contributed by atoms with Crippen molar-refractivity contribution in [3.63, 3.8) is 0 Å². The van der Waals surface area contributed by atoms with E-state index in [4.69, 9.17) is 0 Å². The predicted molar refractivity (Wildman–Crippen MR) is 103 cm³/mol. The highest BCUT2D eigenvalue weighted by molar-refractivity contribution is 5.99. The lowest BCUT2D eigenvalue weighted by atomic mass is 10.0. The summed E-state index contributed by atoms with van der Waals surface area (Å²) in [4.78, 5) is 30.3. The topological polar surface area (TPSA) is 83.6 Å². The van der Waals surface area contributed by atoms with Gasteiger partial charge in [0.1, 0.15) is 0 Å². The molecule has 1 saturated heterocycles. The molecule has 142 valence electrons. The van der Waals surface area contributed by atoms with Gasteiger partial charge in [0, 0.05) is 43.8 Å². The van der Waals surface area contributed by atoms with Crippen molar-refractivity contribution < 1.29 is 14.3 Å². The zero-order chi connectivity index (χ0) is 19.1. The molecule has 0 atom stereocenters. The highest BCUT2D eigenvalue weighted by Crippen LogP contribution is 2.24. The number of para-hydroxylation sites is 1. The van der Waals surface area contributed by atoms with Gasteiger partial charge in [0.05, 0.1) is 12.7 Å². The molecule has 0 spiro atoms. The summed E-state index contributed by atoms with van der Waals surface area (Å²) in [5.41, 5.74) is 2.52. The number of nitrogens with zero attached hydrogens (tertiary/aromatic N) is 2. The van der Waals surface area contributed by atoms with Crippen molar-refractivity contribution in [2.75, 3.05) is 25.1 Å². The minimum Gasteiger partial charge on any atom is -0.453 e. The summed E-state index contributed by atoms with van der Waals surface area (Å²) < 4.78 is 4.66. The molecule has 2 amide bonds. The molecule has 0 bridgehead atoms. The van der Waals surface area contributed by atoms with Crippen molar-refractivity contribution in [3.05, 3.63) is 59.9 Å². The third-order valence-electron chi connectivity index (χ3n) is 4.67. The van der Waals surface area contributed by atoms with E-state index in [1.54, 1.807) is 12.4 Å². The number of carbonyl (C=O) groups excluding carboxylic acids is 2. The van der Waals surface area contributed by atoms with Crippen LogP contribution in [0.3, 0.4) is 0 Å². The maximum Gasteiger partial charge on any atom is 0.407 e. The fraction of sp³-hybridized carbons (Fsp3) is 0.350. The first-order valence-corrected chi connectivity index (χ1v) is 9.03. The van der Waals surface area contributed by atoms with Crippen molar-refractivity contribution in [2.45, 2.75) is 25.4 Å². The van der Waals surface area contributed by atoms with Gasteiger partial charge in [0.15, 0.2) is 0 Å². The zero-order valence-electron chi connectivity index (χ0n) is 15.4. The lowest BCUT2D eigenvalue weighted by molar-refractivity contribution is 0.0951. The predicted octanol–water partition coefficient (Wildman–Crippen LogP) is 2.34. The smallest absolute Gasteiger partial charge is 0.407 e. The Bertz CT molecular complexity index is 774. The van der Waals surface area contributed by atoms with Gasteiger partial charge in [-0.05, 0) is 36.6 Å². The molecule has 2 aromatic rings. The normalized spacial score (nSPS) is 14.5. The lowest BCUT2D eigenvalue weighted by Crippen LogP contribution is -2.45. The van der Waals surface area contributed by atoms with Crippen LogP contribution in [0.5, 0.6) is 0 Å². The maximum absolute atomic E-state index is 12.7. The van der Waals surface area contributed by atoms with Gasteiger partial charge < -0.3 is 20.3 Å². The summed E-state index contributed by atoms with van der Waals surface area (Å²) in [5.74, 6) is -0.107. The van der Waals surface area contributed by atoms with E-state index in [9.17, 15) is 9.59 Å². The summed E-state index contributed by atoms with van der Waals surface area (Å²) in [5, 5.41) is 5.80. The summed E-state index contributed by atoms with van der Waals surface area (Å²) in [6, 6.07) is 11.5. The standard InChI is InChI=1S/C20H24N4O3/c1-27-20(26)23-16-8-11-24(12-9-16)18-7-3-2-6-17(18)19(25)22-14-15-5-4-10-21-13-15/h2-7,10,13,16H,8-9,11-12,14H2,1H3,(H,22,25)(H,23,26). The molecule has 27 heavy (non-hydrogen) atoms. The molecule has 1 aliphatic heterocycles. The number of benzene rings is 1. The van der Waals surface area contributed by atoms with Gasteiger partial charge in [-0.25, -0.2) is 4.79 Å². The van der Waals surface area contributed by atoms with Gasteiger partial charge in [-0.3, -0.25) is 9.78 Å². The van der Waals surface area contributed by atoms with Crippen LogP contribution in [0.25, 0.3) is 0 Å². The number of carbonyl (C=O) groups is 2. The molecular weight excluding hydrogens is 344 g/mol. The molecule has 1 fully saturated rings. The molecule has 7 heteroatoms. The van der Waals surface area contributed by atoms with Gasteiger partial charge in [-0.15, -0.1) is 0 Å². The third kappa shape index (κ3) is 4.97. The van der Waals surface area contributed by atoms with E-state index in [1.165, 1.54) is 7.11 Å². The van der Waals surface area contributed by atoms with Crippen molar-refractivity contribution in [1.82, 2.24) is 15.6 Å². The van der Waals surface area contributed by atoms with Crippen LogP contribution < -0.4 is 15.5 Å². The number of methoxy groups -OCH3 is 1. The molecular formula is C20H24N4O3. The summed E-state index contributed by atoms with van der Waals surface area (Å²) >= 11 is 0. The Morgan fingerprint density at radius 2 is 1.96 bits per heavy atom. The van der Waals surface area contributed by atoms with Gasteiger partial charge in [0.2, 0.25) is 0 Å². The van der Waals surface area contributed by atoms with E-state index >= 15 is 0 Å². The van der Waals surface area contributed by atoms with Gasteiger partial charge in [-0.2, -0.15) is 0 Å². The van der Waals surface area contributed by atoms with E-state index in [-0.39, 0.29) is 11.9 Å². The Kier molecular flexibility index (Phi) is 6.25. The van der Waals surface area contributed by atoms with E-state index in [2.05, 4.69) is 25.3 Å². The molecule has 2 N–H and O–H groups in total. The molecule has 7 nitrogen and oxygen atoms in total. The second kappa shape index (κ2) is 9.02. The fourth-order valence-electron chi connectivity index (χ4n) is 3.21. The second-order valence-corrected chi connectivity index (χ2v) is 6.46. The number of anilines is 1. The second-order valence-electron chi connectivity index (χ2n) is 6.46. The summed E-state index contributed by atoms with van der Waals surface area (Å²) in [6.07, 6.45) is 4.66. The average Bonchev–Trinajstić information content (AvgIpc) is 2.73. The van der Waals surface area contributed by atoms with Crippen molar-refractivity contribution in [3.8, 4) is 0 Å². The van der Waals surface area contributed by atoms with Gasteiger partial charge in [-0.1, -0.05) is 18.2 Å². The Balaban J connectivity index is 1.62. The Morgan fingerprint density at radius 3 is 2.67 bits per heavy atom. The van der Waals surface area contributed by atoms with Crippen molar-refractivity contribution >= 4 is 17.7 Å². The third-order valence-corrected chi connectivity index (χ3v) is 4.67. The molecule has 1 aliphatic rings. The first-order chi connectivity index (χ1) is 13.2. The van der Waals surface area contributed by atoms with Crippen molar-refractivity contribution in [1.29, 1.82) is 0 Å². The first-order valence-electron chi connectivity index (χ1n) is 9.03. The highest BCUT2D eigenvalue weighted by Gasteiger charge is 2.23. The van der Waals surface area contributed by atoms with Crippen LogP contribution in [-0.2, 0) is 11.3 Å². The van der Waals surface area contributed by atoms with E-state index in [0.717, 1.165) is 37.2 Å². The minimum absolute atomic E-state index is 0.0975. The lowest BCUT2D eigenvalue weighted by Gasteiger charge is -2.34. The number of alkyl carbamates (subject to hydrolysis) is 1. The van der Waals surface area contributed by atoms with Crippen LogP contribution in [-0.4, -0.2) is 43.2 Å². The number of amides is 2. The zero-order valence-corrected chi connectivity index (χ0v) is 15.4. The number of aromatic nitrogens is 1. The van der Waals surface area contributed by atoms with Gasteiger partial charge in [0.25, 0.3) is 5.91 Å². The number of piperidine rings is 1. The highest BCUT2D eigenvalue weighted by atomic mass is 16.5. The van der Waals surface area contributed by atoms with Crippen molar-refractivity contribution in [2.24, 2.45) is 0 Å². The molecule has 0 radical (unpaired) electrons. The molecule has 0 saturated carbocycles. The molecule has 3 rings (SSSR count). The minimum atomic E-state index is -0.399. The molecule has 0 unspecified atom stereocenters. The Labute approximate surface area is 158 Å². The van der Waals surface area contributed by atoms with Crippen LogP contribution in [0.1, 0.15) is 28.8 Å².